The van der Waals surface area contributed by atoms with Crippen LogP contribution in [-0.2, 0) is 11.3 Å². The van der Waals surface area contributed by atoms with Gasteiger partial charge in [0, 0.05) is 6.04 Å². The monoisotopic (exact) mass is 249 g/mol. The molecule has 18 heavy (non-hydrogen) atoms. The lowest BCUT2D eigenvalue weighted by Crippen LogP contribution is -2.30. The molecule has 0 radical (unpaired) electrons. The number of carboxylic acids is 1. The average Bonchev–Trinajstić information content (AvgIpc) is 2.38. The van der Waals surface area contributed by atoms with Gasteiger partial charge in [-0.05, 0) is 43.4 Å². The van der Waals surface area contributed by atoms with Crippen LogP contribution in [0.2, 0.25) is 0 Å². The van der Waals surface area contributed by atoms with E-state index in [1.807, 2.05) is 6.07 Å². The predicted molar refractivity (Wildman–Crippen MR) is 68.4 cm³/mol. The van der Waals surface area contributed by atoms with Gasteiger partial charge in [0.2, 0.25) is 0 Å². The minimum absolute atomic E-state index is 0.262. The van der Waals surface area contributed by atoms with Gasteiger partial charge in [-0.2, -0.15) is 0 Å². The van der Waals surface area contributed by atoms with Crippen LogP contribution < -0.4 is 5.73 Å². The van der Waals surface area contributed by atoms with Gasteiger partial charge in [-0.1, -0.05) is 12.1 Å². The quantitative estimate of drug-likeness (QED) is 0.857. The zero-order valence-electron chi connectivity index (χ0n) is 10.3. The average molecular weight is 249 g/mol. The third-order valence-electron chi connectivity index (χ3n) is 3.38. The first-order chi connectivity index (χ1) is 8.65. The van der Waals surface area contributed by atoms with Gasteiger partial charge in [0.15, 0.2) is 0 Å². The Labute approximate surface area is 107 Å². The molecule has 1 aromatic carbocycles. The van der Waals surface area contributed by atoms with E-state index in [2.05, 4.69) is 0 Å². The van der Waals surface area contributed by atoms with E-state index in [4.69, 9.17) is 15.6 Å². The van der Waals surface area contributed by atoms with E-state index in [1.165, 1.54) is 0 Å². The summed E-state index contributed by atoms with van der Waals surface area (Å²) in [6.45, 7) is 0.473. The van der Waals surface area contributed by atoms with Crippen molar-refractivity contribution in [2.75, 3.05) is 0 Å². The fraction of sp³-hybridized carbons (Fsp3) is 0.500. The van der Waals surface area contributed by atoms with Crippen LogP contribution >= 0.6 is 0 Å². The SMILES string of the molecule is NC1CCC(OCc2cccc(C(=O)O)c2)CC1. The molecule has 3 N–H and O–H groups in total. The van der Waals surface area contributed by atoms with E-state index in [9.17, 15) is 4.79 Å². The summed E-state index contributed by atoms with van der Waals surface area (Å²) in [5.41, 5.74) is 7.05. The number of nitrogens with two attached hydrogens (primary N) is 1. The van der Waals surface area contributed by atoms with Crippen molar-refractivity contribution in [3.63, 3.8) is 0 Å². The summed E-state index contributed by atoms with van der Waals surface area (Å²) in [5, 5.41) is 8.90. The smallest absolute Gasteiger partial charge is 0.335 e. The minimum Gasteiger partial charge on any atom is -0.478 e. The Kier molecular flexibility index (Phi) is 4.33. The van der Waals surface area contributed by atoms with Crippen LogP contribution in [0, 0.1) is 0 Å². The molecule has 0 unspecified atom stereocenters. The lowest BCUT2D eigenvalue weighted by molar-refractivity contribution is 0.0138. The number of carbonyl (C=O) groups is 1. The molecule has 1 aromatic rings. The second-order valence-corrected chi connectivity index (χ2v) is 4.85. The Morgan fingerprint density at radius 1 is 1.33 bits per heavy atom. The molecule has 0 aliphatic heterocycles. The van der Waals surface area contributed by atoms with E-state index in [-0.39, 0.29) is 6.10 Å². The van der Waals surface area contributed by atoms with Crippen LogP contribution in [0.4, 0.5) is 0 Å². The molecule has 4 heteroatoms. The number of rotatable bonds is 4. The Morgan fingerprint density at radius 3 is 2.72 bits per heavy atom. The fourth-order valence-electron chi connectivity index (χ4n) is 2.26. The van der Waals surface area contributed by atoms with Gasteiger partial charge in [0.25, 0.3) is 0 Å². The number of carboxylic acid groups (broad SMARTS) is 1. The van der Waals surface area contributed by atoms with Crippen molar-refractivity contribution >= 4 is 5.97 Å². The highest BCUT2D eigenvalue weighted by atomic mass is 16.5. The van der Waals surface area contributed by atoms with Crippen molar-refractivity contribution in [1.82, 2.24) is 0 Å². The van der Waals surface area contributed by atoms with E-state index < -0.39 is 5.97 Å². The number of aromatic carboxylic acids is 1. The highest BCUT2D eigenvalue weighted by molar-refractivity contribution is 5.87. The van der Waals surface area contributed by atoms with Gasteiger partial charge < -0.3 is 15.6 Å². The van der Waals surface area contributed by atoms with Crippen LogP contribution in [0.25, 0.3) is 0 Å². The number of benzene rings is 1. The van der Waals surface area contributed by atoms with Crippen molar-refractivity contribution in [3.05, 3.63) is 35.4 Å². The topological polar surface area (TPSA) is 72.5 Å². The Bertz CT molecular complexity index is 411. The minimum atomic E-state index is -0.902. The van der Waals surface area contributed by atoms with Gasteiger partial charge in [-0.25, -0.2) is 4.79 Å². The molecule has 0 spiro atoms. The third kappa shape index (κ3) is 3.55. The van der Waals surface area contributed by atoms with E-state index in [0.29, 0.717) is 18.2 Å². The largest absolute Gasteiger partial charge is 0.478 e. The van der Waals surface area contributed by atoms with Crippen molar-refractivity contribution in [1.29, 1.82) is 0 Å². The summed E-state index contributed by atoms with van der Waals surface area (Å²) in [7, 11) is 0. The fourth-order valence-corrected chi connectivity index (χ4v) is 2.26. The Hall–Kier alpha value is -1.39. The van der Waals surface area contributed by atoms with Gasteiger partial charge in [0.1, 0.15) is 0 Å². The molecule has 0 atom stereocenters. The van der Waals surface area contributed by atoms with Crippen molar-refractivity contribution < 1.29 is 14.6 Å². The maximum atomic E-state index is 10.8. The number of hydrogen-bond donors (Lipinski definition) is 2. The van der Waals surface area contributed by atoms with Crippen LogP contribution in [0.15, 0.2) is 24.3 Å². The molecule has 98 valence electrons. The molecular weight excluding hydrogens is 230 g/mol. The van der Waals surface area contributed by atoms with Gasteiger partial charge >= 0.3 is 5.97 Å². The van der Waals surface area contributed by atoms with Crippen LogP contribution in [0.3, 0.4) is 0 Å². The highest BCUT2D eigenvalue weighted by Crippen LogP contribution is 2.21. The molecule has 1 fully saturated rings. The summed E-state index contributed by atoms with van der Waals surface area (Å²) in [6.07, 6.45) is 4.29. The van der Waals surface area contributed by atoms with E-state index in [0.717, 1.165) is 31.2 Å². The Balaban J connectivity index is 1.86. The normalized spacial score (nSPS) is 23.8. The number of hydrogen-bond acceptors (Lipinski definition) is 3. The van der Waals surface area contributed by atoms with Crippen molar-refractivity contribution in [2.24, 2.45) is 5.73 Å². The molecule has 2 rings (SSSR count). The maximum Gasteiger partial charge on any atom is 0.335 e. The summed E-state index contributed by atoms with van der Waals surface area (Å²) < 4.78 is 5.80. The first-order valence-electron chi connectivity index (χ1n) is 6.34. The van der Waals surface area contributed by atoms with Gasteiger partial charge in [-0.3, -0.25) is 0 Å². The first-order valence-corrected chi connectivity index (χ1v) is 6.34. The molecule has 0 amide bonds. The van der Waals surface area contributed by atoms with Gasteiger partial charge in [-0.15, -0.1) is 0 Å². The number of ether oxygens (including phenoxy) is 1. The molecule has 4 nitrogen and oxygen atoms in total. The molecule has 1 aliphatic rings. The molecule has 0 bridgehead atoms. The van der Waals surface area contributed by atoms with Crippen LogP contribution in [0.5, 0.6) is 0 Å². The molecular formula is C14H19NO3. The maximum absolute atomic E-state index is 10.8. The van der Waals surface area contributed by atoms with Gasteiger partial charge in [0.05, 0.1) is 18.3 Å². The molecule has 0 saturated heterocycles. The second kappa shape index (κ2) is 5.98. The lowest BCUT2D eigenvalue weighted by Gasteiger charge is -2.26. The summed E-state index contributed by atoms with van der Waals surface area (Å²) in [5.74, 6) is -0.902. The first kappa shape index (κ1) is 13.1. The van der Waals surface area contributed by atoms with Crippen molar-refractivity contribution in [3.8, 4) is 0 Å². The second-order valence-electron chi connectivity index (χ2n) is 4.85. The Morgan fingerprint density at radius 2 is 2.06 bits per heavy atom. The van der Waals surface area contributed by atoms with Crippen LogP contribution in [0.1, 0.15) is 41.6 Å². The standard InChI is InChI=1S/C14H19NO3/c15-12-4-6-13(7-5-12)18-9-10-2-1-3-11(8-10)14(16)17/h1-3,8,12-13H,4-7,9,15H2,(H,16,17). The zero-order valence-corrected chi connectivity index (χ0v) is 10.3. The molecule has 1 saturated carbocycles. The molecule has 1 aliphatic carbocycles. The molecule has 0 heterocycles. The summed E-state index contributed by atoms with van der Waals surface area (Å²) in [4.78, 5) is 10.8. The van der Waals surface area contributed by atoms with Crippen LogP contribution in [-0.4, -0.2) is 23.2 Å². The summed E-state index contributed by atoms with van der Waals surface area (Å²) in [6, 6.07) is 7.21. The third-order valence-corrected chi connectivity index (χ3v) is 3.38. The lowest BCUT2D eigenvalue weighted by atomic mass is 9.94. The van der Waals surface area contributed by atoms with Crippen molar-refractivity contribution in [2.45, 2.75) is 44.4 Å². The predicted octanol–water partition coefficient (Wildman–Crippen LogP) is 2.17. The zero-order chi connectivity index (χ0) is 13.0. The molecule has 0 aromatic heterocycles. The highest BCUT2D eigenvalue weighted by Gasteiger charge is 2.18. The van der Waals surface area contributed by atoms with E-state index in [1.54, 1.807) is 18.2 Å². The van der Waals surface area contributed by atoms with E-state index >= 15 is 0 Å². The summed E-state index contributed by atoms with van der Waals surface area (Å²) >= 11 is 0.